The van der Waals surface area contributed by atoms with Crippen molar-refractivity contribution in [2.75, 3.05) is 0 Å². The van der Waals surface area contributed by atoms with Crippen LogP contribution < -0.4 is 4.74 Å². The predicted octanol–water partition coefficient (Wildman–Crippen LogP) is 5.20. The summed E-state index contributed by atoms with van der Waals surface area (Å²) in [6, 6.07) is 8.94. The topological polar surface area (TPSA) is 48.4 Å². The molecule has 8 heteroatoms. The Balaban J connectivity index is 1.62. The highest BCUT2D eigenvalue weighted by molar-refractivity contribution is 7.99. The number of furan rings is 1. The van der Waals surface area contributed by atoms with Crippen molar-refractivity contribution >= 4 is 18.0 Å². The summed E-state index contributed by atoms with van der Waals surface area (Å²) in [5, 5.41) is 12.6. The Morgan fingerprint density at radius 3 is 2.44 bits per heavy atom. The fourth-order valence-corrected chi connectivity index (χ4v) is 3.45. The lowest BCUT2D eigenvalue weighted by Gasteiger charge is -2.09. The number of hydrogen-bond acceptors (Lipinski definition) is 4. The average Bonchev–Trinajstić information content (AvgIpc) is 3.20. The maximum Gasteiger partial charge on any atom is 0.573 e. The minimum absolute atomic E-state index is 0.0161. The zero-order valence-electron chi connectivity index (χ0n) is 13.2. The molecule has 3 rings (SSSR count). The van der Waals surface area contributed by atoms with Crippen LogP contribution in [0.2, 0.25) is 0 Å². The van der Waals surface area contributed by atoms with Crippen LogP contribution in [0.1, 0.15) is 31.4 Å². The van der Waals surface area contributed by atoms with E-state index in [1.54, 1.807) is 12.1 Å². The molecule has 0 saturated heterocycles. The van der Waals surface area contributed by atoms with E-state index in [0.29, 0.717) is 15.7 Å². The van der Waals surface area contributed by atoms with E-state index in [2.05, 4.69) is 4.74 Å². The molecule has 1 aromatic carbocycles. The lowest BCUT2D eigenvalue weighted by molar-refractivity contribution is -0.494. The minimum Gasteiger partial charge on any atom is -0.624 e. The van der Waals surface area contributed by atoms with Gasteiger partial charge in [0.15, 0.2) is 16.9 Å². The summed E-state index contributed by atoms with van der Waals surface area (Å²) in [5.74, 6) is 0.185. The van der Waals surface area contributed by atoms with E-state index in [1.807, 2.05) is 0 Å². The molecular weight excluding hydrogens is 355 g/mol. The van der Waals surface area contributed by atoms with E-state index in [9.17, 15) is 18.4 Å². The van der Waals surface area contributed by atoms with Crippen molar-refractivity contribution in [2.45, 2.75) is 48.1 Å². The zero-order valence-corrected chi connectivity index (χ0v) is 14.0. The van der Waals surface area contributed by atoms with Crippen LogP contribution in [0.4, 0.5) is 13.2 Å². The predicted molar refractivity (Wildman–Crippen MR) is 87.0 cm³/mol. The van der Waals surface area contributed by atoms with Gasteiger partial charge in [0.1, 0.15) is 5.75 Å². The molecule has 0 bridgehead atoms. The summed E-state index contributed by atoms with van der Waals surface area (Å²) >= 11 is 1.25. The van der Waals surface area contributed by atoms with Crippen molar-refractivity contribution < 1.29 is 27.1 Å². The standard InChI is InChI=1S/C17H16F3NO3S/c18-17(19,20)24-13-5-8-15(9-6-13)25-16-10-7-14(23-16)11-21(22)12-3-1-2-4-12/h5-12H,1-4H2. The molecular formula is C17H16F3NO3S. The quantitative estimate of drug-likeness (QED) is 0.314. The van der Waals surface area contributed by atoms with Gasteiger partial charge in [0, 0.05) is 17.7 Å². The third kappa shape index (κ3) is 5.19. The molecule has 1 aliphatic carbocycles. The van der Waals surface area contributed by atoms with Crippen molar-refractivity contribution in [1.29, 1.82) is 0 Å². The fourth-order valence-electron chi connectivity index (χ4n) is 2.67. The average molecular weight is 371 g/mol. The van der Waals surface area contributed by atoms with Gasteiger partial charge in [0.05, 0.1) is 0 Å². The van der Waals surface area contributed by atoms with E-state index in [0.717, 1.165) is 30.4 Å². The molecule has 2 aromatic rings. The highest BCUT2D eigenvalue weighted by Crippen LogP contribution is 2.31. The van der Waals surface area contributed by atoms with Crippen molar-refractivity contribution in [3.05, 3.63) is 47.4 Å². The highest BCUT2D eigenvalue weighted by Gasteiger charge is 2.31. The highest BCUT2D eigenvalue weighted by atomic mass is 32.2. The molecule has 4 nitrogen and oxygen atoms in total. The normalized spacial score (nSPS) is 16.4. The maximum absolute atomic E-state index is 12.1. The number of nitrogens with zero attached hydrogens (tertiary/aromatic N) is 1. The lowest BCUT2D eigenvalue weighted by Crippen LogP contribution is -2.18. The molecule has 134 valence electrons. The summed E-state index contributed by atoms with van der Waals surface area (Å²) in [6.07, 6.45) is 0.683. The molecule has 1 heterocycles. The summed E-state index contributed by atoms with van der Waals surface area (Å²) in [7, 11) is 0. The third-order valence-corrected chi connectivity index (χ3v) is 4.75. The Kier molecular flexibility index (Phi) is 5.27. The second kappa shape index (κ2) is 7.43. The van der Waals surface area contributed by atoms with E-state index < -0.39 is 6.36 Å². The first-order chi connectivity index (χ1) is 11.9. The molecule has 1 saturated carbocycles. The van der Waals surface area contributed by atoms with Crippen LogP contribution in [0.5, 0.6) is 5.75 Å². The van der Waals surface area contributed by atoms with Crippen molar-refractivity contribution in [2.24, 2.45) is 0 Å². The van der Waals surface area contributed by atoms with Crippen LogP contribution in [0, 0.1) is 5.21 Å². The van der Waals surface area contributed by atoms with Gasteiger partial charge >= 0.3 is 6.36 Å². The number of hydroxylamine groups is 1. The number of benzene rings is 1. The molecule has 1 fully saturated rings. The zero-order chi connectivity index (χ0) is 17.9. The van der Waals surface area contributed by atoms with Gasteiger partial charge < -0.3 is 14.4 Å². The van der Waals surface area contributed by atoms with Gasteiger partial charge in [0.2, 0.25) is 6.21 Å². The van der Waals surface area contributed by atoms with Gasteiger partial charge in [-0.15, -0.1) is 13.2 Å². The van der Waals surface area contributed by atoms with Crippen molar-refractivity contribution in [1.82, 2.24) is 0 Å². The van der Waals surface area contributed by atoms with Crippen molar-refractivity contribution in [3.8, 4) is 5.75 Å². The molecule has 25 heavy (non-hydrogen) atoms. The summed E-state index contributed by atoms with van der Waals surface area (Å²) in [5.41, 5.74) is 0. The second-order valence-electron chi connectivity index (χ2n) is 5.71. The van der Waals surface area contributed by atoms with Crippen LogP contribution in [-0.4, -0.2) is 23.4 Å². The summed E-state index contributed by atoms with van der Waals surface area (Å²) in [4.78, 5) is 0.699. The van der Waals surface area contributed by atoms with Gasteiger partial charge in [0.25, 0.3) is 0 Å². The van der Waals surface area contributed by atoms with Crippen LogP contribution in [0.15, 0.2) is 50.8 Å². The lowest BCUT2D eigenvalue weighted by atomic mass is 10.3. The van der Waals surface area contributed by atoms with Gasteiger partial charge in [-0.05, 0) is 49.2 Å². The van der Waals surface area contributed by atoms with Gasteiger partial charge in [-0.2, -0.15) is 0 Å². The number of halogens is 3. The first-order valence-corrected chi connectivity index (χ1v) is 8.64. The number of alkyl halides is 3. The van der Waals surface area contributed by atoms with Gasteiger partial charge in [-0.1, -0.05) is 11.8 Å². The van der Waals surface area contributed by atoms with E-state index >= 15 is 0 Å². The molecule has 1 aromatic heterocycles. The second-order valence-corrected chi connectivity index (χ2v) is 6.78. The number of rotatable bonds is 5. The van der Waals surface area contributed by atoms with Gasteiger partial charge in [-0.25, -0.2) is 4.74 Å². The molecule has 0 atom stereocenters. The monoisotopic (exact) mass is 371 g/mol. The number of ether oxygens (including phenoxy) is 1. The fraction of sp³-hybridized carbons (Fsp3) is 0.353. The van der Waals surface area contributed by atoms with Crippen molar-refractivity contribution in [3.63, 3.8) is 0 Å². The Hall–Kier alpha value is -2.09. The molecule has 1 aliphatic rings. The molecule has 0 spiro atoms. The van der Waals surface area contributed by atoms with E-state index in [1.165, 1.54) is 42.2 Å². The molecule has 0 N–H and O–H groups in total. The largest absolute Gasteiger partial charge is 0.624 e. The Bertz CT molecular complexity index is 734. The maximum atomic E-state index is 12.1. The summed E-state index contributed by atoms with van der Waals surface area (Å²) < 4.78 is 46.8. The number of hydrogen-bond donors (Lipinski definition) is 0. The Labute approximate surface area is 146 Å². The molecule has 0 aliphatic heterocycles. The third-order valence-electron chi connectivity index (χ3n) is 3.82. The molecule has 0 unspecified atom stereocenters. The first kappa shape index (κ1) is 17.7. The SMILES string of the molecule is [O-][N+](=Cc1ccc(Sc2ccc(OC(F)(F)F)cc2)o1)C1CCCC1. The molecule has 0 radical (unpaired) electrons. The van der Waals surface area contributed by atoms with Crippen LogP contribution >= 0.6 is 11.8 Å². The molecule has 0 amide bonds. The van der Waals surface area contributed by atoms with Gasteiger partial charge in [-0.3, -0.25) is 0 Å². The van der Waals surface area contributed by atoms with Crippen LogP contribution in [0.3, 0.4) is 0 Å². The first-order valence-electron chi connectivity index (χ1n) is 7.83. The van der Waals surface area contributed by atoms with E-state index in [4.69, 9.17) is 4.42 Å². The van der Waals surface area contributed by atoms with Crippen LogP contribution in [-0.2, 0) is 0 Å². The Morgan fingerprint density at radius 2 is 1.80 bits per heavy atom. The smallest absolute Gasteiger partial charge is 0.573 e. The minimum atomic E-state index is -4.70. The van der Waals surface area contributed by atoms with E-state index in [-0.39, 0.29) is 11.8 Å². The summed E-state index contributed by atoms with van der Waals surface area (Å²) in [6.45, 7) is 0. The Morgan fingerprint density at radius 1 is 1.12 bits per heavy atom. The van der Waals surface area contributed by atoms with Crippen LogP contribution in [0.25, 0.3) is 0 Å².